The number of nitrogens with two attached hydrogens (primary N) is 1. The van der Waals surface area contributed by atoms with E-state index in [9.17, 15) is 26.4 Å². The number of fused-ring (bicyclic) bond motifs is 2. The Labute approximate surface area is 397 Å². The maximum atomic E-state index is 12.7. The molecule has 0 aliphatic heterocycles. The molecule has 0 unspecified atom stereocenters. The van der Waals surface area contributed by atoms with Crippen LogP contribution in [0.3, 0.4) is 0 Å². The molecular formula is C43H60Cl5N5O8S2. The Morgan fingerprint density at radius 3 is 1.56 bits per heavy atom. The van der Waals surface area contributed by atoms with Gasteiger partial charge in [0.25, 0.3) is 19.1 Å². The van der Waals surface area contributed by atoms with Gasteiger partial charge in [0.1, 0.15) is 10.1 Å². The molecule has 20 heteroatoms. The van der Waals surface area contributed by atoms with Crippen LogP contribution >= 0.6 is 57.1 Å². The number of sulfonamides is 1. The lowest BCUT2D eigenvalue weighted by Crippen LogP contribution is -2.38. The monoisotopic (exact) mass is 1010 g/mol. The Kier molecular flexibility index (Phi) is 24.7. The molecule has 2 atom stereocenters. The van der Waals surface area contributed by atoms with Crippen LogP contribution in [0.1, 0.15) is 102 Å². The zero-order valence-electron chi connectivity index (χ0n) is 36.8. The molecule has 2 heterocycles. The molecular weight excluding hydrogens is 956 g/mol. The molecule has 2 aliphatic rings. The van der Waals surface area contributed by atoms with Crippen molar-refractivity contribution >= 4 is 88.1 Å². The molecule has 352 valence electrons. The average molecular weight is 1020 g/mol. The fourth-order valence-corrected chi connectivity index (χ4v) is 9.20. The number of hydrogen-bond donors (Lipinski definition) is 4. The Balaban J connectivity index is 0.000000312. The molecule has 0 fully saturated rings. The Morgan fingerprint density at radius 2 is 1.14 bits per heavy atom. The number of esters is 2. The number of aromatic nitrogens is 2. The third-order valence-corrected chi connectivity index (χ3v) is 13.2. The van der Waals surface area contributed by atoms with E-state index in [1.54, 1.807) is 27.7 Å². The van der Waals surface area contributed by atoms with Gasteiger partial charge in [0.15, 0.2) is 0 Å². The summed E-state index contributed by atoms with van der Waals surface area (Å²) in [7, 11) is -2.49. The third-order valence-electron chi connectivity index (χ3n) is 10.0. The molecule has 13 nitrogen and oxygen atoms in total. The minimum absolute atomic E-state index is 0.0278. The summed E-state index contributed by atoms with van der Waals surface area (Å²) >= 11 is 21.4. The number of H-pyrrole nitrogens is 2. The number of ether oxygens (including phenoxy) is 2. The van der Waals surface area contributed by atoms with E-state index in [1.165, 1.54) is 36.8 Å². The number of alkyl halides is 2. The van der Waals surface area contributed by atoms with Crippen LogP contribution in [0.4, 0.5) is 0 Å². The van der Waals surface area contributed by atoms with E-state index >= 15 is 0 Å². The molecule has 0 amide bonds. The van der Waals surface area contributed by atoms with Crippen molar-refractivity contribution in [2.24, 2.45) is 5.73 Å². The lowest BCUT2D eigenvalue weighted by molar-refractivity contribution is 0.0516. The molecule has 6 rings (SSSR count). The fourth-order valence-electron chi connectivity index (χ4n) is 6.70. The van der Waals surface area contributed by atoms with Crippen molar-refractivity contribution in [1.29, 1.82) is 0 Å². The zero-order valence-corrected chi connectivity index (χ0v) is 42.2. The van der Waals surface area contributed by atoms with Gasteiger partial charge < -0.3 is 30.1 Å². The normalized spacial score (nSPS) is 15.3. The second-order valence-corrected chi connectivity index (χ2v) is 20.2. The van der Waals surface area contributed by atoms with E-state index in [-0.39, 0.29) is 45.8 Å². The minimum Gasteiger partial charge on any atom is -0.462 e. The van der Waals surface area contributed by atoms with E-state index in [1.807, 2.05) is 24.3 Å². The van der Waals surface area contributed by atoms with Gasteiger partial charge in [-0.05, 0) is 145 Å². The number of halogens is 5. The molecule has 2 aromatic carbocycles. The summed E-state index contributed by atoms with van der Waals surface area (Å²) in [4.78, 5) is 30.9. The molecule has 0 radical (unpaired) electrons. The van der Waals surface area contributed by atoms with Gasteiger partial charge in [-0.15, -0.1) is 23.2 Å². The van der Waals surface area contributed by atoms with E-state index in [0.717, 1.165) is 47.9 Å². The van der Waals surface area contributed by atoms with Gasteiger partial charge in [-0.2, -0.15) is 0 Å². The fraction of sp³-hybridized carbons (Fsp3) is 0.488. The van der Waals surface area contributed by atoms with Crippen molar-refractivity contribution in [3.8, 4) is 0 Å². The topological polar surface area (TPSA) is 194 Å². The van der Waals surface area contributed by atoms with Crippen LogP contribution in [0.15, 0.2) is 58.6 Å². The zero-order chi connectivity index (χ0) is 47.5. The highest BCUT2D eigenvalue weighted by atomic mass is 35.7. The van der Waals surface area contributed by atoms with Crippen LogP contribution in [0.5, 0.6) is 0 Å². The Bertz CT molecular complexity index is 2300. The third kappa shape index (κ3) is 18.5. The van der Waals surface area contributed by atoms with Crippen LogP contribution in [-0.2, 0) is 54.2 Å². The second-order valence-electron chi connectivity index (χ2n) is 14.3. The Morgan fingerprint density at radius 1 is 0.714 bits per heavy atom. The van der Waals surface area contributed by atoms with Gasteiger partial charge in [0.05, 0.1) is 29.7 Å². The molecule has 0 spiro atoms. The van der Waals surface area contributed by atoms with Gasteiger partial charge in [0.2, 0.25) is 0 Å². The summed E-state index contributed by atoms with van der Waals surface area (Å²) in [6, 6.07) is 14.4. The molecule has 2 aromatic heterocycles. The standard InChI is InChI=1S/C18H21ClN2O4S.C10H12ClN.C8H10ClNO4S.C6H15N.CH2Cl2/c1-3-25-18(22)16-10-17(20-11(16)2)26(23,24)21-15-7-5-12-8-14(19)6-4-13(12)9-15;11-9-3-1-8-6-10(12)4-2-7(8)5-9;1-3-14-8(11)6-4-7(10-5(6)2)15(9,12)13;1-4-7(5-2)6-3;2-1-3/h4,6,8,10,15,20-21H,3,5,7,9H2,1-2H3;1,3,5,10H,2,4,6,12H2;4,10H,3H2,1-2H3;4-6H2,1-3H3;1H2/t15-;10-;;;/m11.../s1. The largest absolute Gasteiger partial charge is 0.462 e. The number of aryl methyl sites for hydroxylation is 4. The van der Waals surface area contributed by atoms with Crippen molar-refractivity contribution in [3.63, 3.8) is 0 Å². The highest BCUT2D eigenvalue weighted by Crippen LogP contribution is 2.27. The first-order chi connectivity index (χ1) is 29.7. The lowest BCUT2D eigenvalue weighted by atomic mass is 9.89. The van der Waals surface area contributed by atoms with Crippen molar-refractivity contribution in [3.05, 3.63) is 103 Å². The first kappa shape index (κ1) is 56.3. The lowest BCUT2D eigenvalue weighted by Gasteiger charge is -2.25. The van der Waals surface area contributed by atoms with Gasteiger partial charge >= 0.3 is 11.9 Å². The molecule has 63 heavy (non-hydrogen) atoms. The molecule has 0 bridgehead atoms. The Hall–Kier alpha value is -2.83. The predicted molar refractivity (Wildman–Crippen MR) is 255 cm³/mol. The minimum atomic E-state index is -3.84. The van der Waals surface area contributed by atoms with E-state index in [0.29, 0.717) is 35.3 Å². The number of nitrogens with zero attached hydrogens (tertiary/aromatic N) is 1. The van der Waals surface area contributed by atoms with Crippen molar-refractivity contribution in [2.45, 2.75) is 109 Å². The SMILES string of the molecule is CCN(CC)CC.CCOC(=O)c1cc(S(=O)(=O)Cl)[nH]c1C.CCOC(=O)c1cc(S(=O)(=O)N[C@@H]2CCc3cc(Cl)ccc3C2)[nH]c1C.ClCCl.N[C@@H]1CCc2cc(Cl)ccc2C1. The van der Waals surface area contributed by atoms with Crippen LogP contribution in [-0.4, -0.2) is 93.9 Å². The summed E-state index contributed by atoms with van der Waals surface area (Å²) < 4.78 is 59.7. The summed E-state index contributed by atoms with van der Waals surface area (Å²) in [5, 5.41) is 1.49. The number of hydrogen-bond acceptors (Lipinski definition) is 10. The number of aromatic amines is 2. The molecule has 2 aliphatic carbocycles. The van der Waals surface area contributed by atoms with Crippen LogP contribution in [0.25, 0.3) is 0 Å². The quantitative estimate of drug-likeness (QED) is 0.0639. The number of benzene rings is 2. The number of rotatable bonds is 11. The summed E-state index contributed by atoms with van der Waals surface area (Å²) in [6.07, 6.45) is 5.24. The highest BCUT2D eigenvalue weighted by molar-refractivity contribution is 8.13. The van der Waals surface area contributed by atoms with Gasteiger partial charge in [-0.1, -0.05) is 56.1 Å². The van der Waals surface area contributed by atoms with Gasteiger partial charge in [-0.3, -0.25) is 0 Å². The highest BCUT2D eigenvalue weighted by Gasteiger charge is 2.27. The molecule has 5 N–H and O–H groups in total. The van der Waals surface area contributed by atoms with Crippen LogP contribution < -0.4 is 10.5 Å². The van der Waals surface area contributed by atoms with Crippen LogP contribution in [0, 0.1) is 13.8 Å². The molecule has 0 saturated carbocycles. The van der Waals surface area contributed by atoms with Crippen molar-refractivity contribution in [1.82, 2.24) is 19.6 Å². The van der Waals surface area contributed by atoms with E-state index in [2.05, 4.69) is 52.5 Å². The van der Waals surface area contributed by atoms with Crippen molar-refractivity contribution < 1.29 is 35.9 Å². The van der Waals surface area contributed by atoms with Crippen LogP contribution in [0.2, 0.25) is 10.0 Å². The molecule has 4 aromatic rings. The first-order valence-electron chi connectivity index (χ1n) is 20.5. The van der Waals surface area contributed by atoms with Gasteiger partial charge in [0, 0.05) is 44.2 Å². The molecule has 0 saturated heterocycles. The number of carbonyl (C=O) groups is 2. The second kappa shape index (κ2) is 27.6. The maximum absolute atomic E-state index is 12.7. The number of carbonyl (C=O) groups excluding carboxylic acids is 2. The average Bonchev–Trinajstić information content (AvgIpc) is 3.83. The maximum Gasteiger partial charge on any atom is 0.339 e. The summed E-state index contributed by atoms with van der Waals surface area (Å²) in [5.41, 5.74) is 12.2. The summed E-state index contributed by atoms with van der Waals surface area (Å²) in [6.45, 7) is 17.2. The van der Waals surface area contributed by atoms with Gasteiger partial charge in [-0.25, -0.2) is 31.1 Å². The van der Waals surface area contributed by atoms with Crippen molar-refractivity contribution in [2.75, 3.05) is 38.2 Å². The van der Waals surface area contributed by atoms with E-state index in [4.69, 9.17) is 72.3 Å². The predicted octanol–water partition coefficient (Wildman–Crippen LogP) is 9.34. The smallest absolute Gasteiger partial charge is 0.339 e. The number of nitrogens with one attached hydrogen (secondary N) is 3. The summed E-state index contributed by atoms with van der Waals surface area (Å²) in [5.74, 6) is -1.11. The van der Waals surface area contributed by atoms with E-state index < -0.39 is 31.0 Å². The first-order valence-corrected chi connectivity index (χ1v) is 26.1.